The summed E-state index contributed by atoms with van der Waals surface area (Å²) >= 11 is 0. The molecule has 0 saturated carbocycles. The summed E-state index contributed by atoms with van der Waals surface area (Å²) in [5.41, 5.74) is 1.91. The molecule has 2 unspecified atom stereocenters. The Morgan fingerprint density at radius 2 is 1.76 bits per heavy atom. The van der Waals surface area contributed by atoms with Crippen LogP contribution in [0.25, 0.3) is 0 Å². The second-order valence-electron chi connectivity index (χ2n) is 8.08. The average Bonchev–Trinajstić information content (AvgIpc) is 3.23. The second-order valence-corrected chi connectivity index (χ2v) is 8.08. The quantitative estimate of drug-likeness (QED) is 0.819. The van der Waals surface area contributed by atoms with E-state index in [0.717, 1.165) is 36.2 Å². The number of imide groups is 2. The van der Waals surface area contributed by atoms with Gasteiger partial charge in [0.1, 0.15) is 0 Å². The molecule has 2 aromatic rings. The zero-order valence-electron chi connectivity index (χ0n) is 16.1. The zero-order chi connectivity index (χ0) is 20.0. The van der Waals surface area contributed by atoms with Crippen LogP contribution in [0.4, 0.5) is 10.5 Å². The fourth-order valence-corrected chi connectivity index (χ4v) is 5.17. The van der Waals surface area contributed by atoms with E-state index in [-0.39, 0.29) is 18.5 Å². The smallest absolute Gasteiger partial charge is 0.330 e. The number of para-hydroxylation sites is 1. The van der Waals surface area contributed by atoms with Gasteiger partial charge in [-0.15, -0.1) is 0 Å². The lowest BCUT2D eigenvalue weighted by Gasteiger charge is -2.49. The van der Waals surface area contributed by atoms with Crippen LogP contribution in [0.2, 0.25) is 0 Å². The van der Waals surface area contributed by atoms with Crippen LogP contribution in [-0.2, 0) is 22.4 Å². The van der Waals surface area contributed by atoms with Crippen molar-refractivity contribution >= 4 is 23.5 Å². The molecular formula is C23H23N3O3. The van der Waals surface area contributed by atoms with Gasteiger partial charge in [-0.3, -0.25) is 19.8 Å². The summed E-state index contributed by atoms with van der Waals surface area (Å²) in [6, 6.07) is 16.9. The number of nitrogens with one attached hydrogen (secondary N) is 1. The van der Waals surface area contributed by atoms with E-state index in [9.17, 15) is 14.4 Å². The van der Waals surface area contributed by atoms with Gasteiger partial charge in [-0.25, -0.2) is 4.79 Å². The standard InChI is InChI=1S/C23H23N3O3/c27-20-23(15-17-9-4-5-10-18(17)25-13-6-11-19(23)25)21(28)26(22(29)24-20)14-12-16-7-2-1-3-8-16/h1-5,7-10,19H,6,11-15H2,(H,24,27,29). The normalized spacial score (nSPS) is 25.8. The Kier molecular flexibility index (Phi) is 4.15. The van der Waals surface area contributed by atoms with Gasteiger partial charge in [0.05, 0.1) is 6.04 Å². The second kappa shape index (κ2) is 6.72. The van der Waals surface area contributed by atoms with Crippen LogP contribution in [0.15, 0.2) is 54.6 Å². The van der Waals surface area contributed by atoms with Crippen molar-refractivity contribution in [3.63, 3.8) is 0 Å². The van der Waals surface area contributed by atoms with Crippen molar-refractivity contribution in [1.29, 1.82) is 0 Å². The Balaban J connectivity index is 1.51. The van der Waals surface area contributed by atoms with Gasteiger partial charge >= 0.3 is 6.03 Å². The van der Waals surface area contributed by atoms with Crippen molar-refractivity contribution in [2.75, 3.05) is 18.0 Å². The maximum Gasteiger partial charge on any atom is 0.330 e. The maximum atomic E-state index is 13.7. The van der Waals surface area contributed by atoms with Crippen molar-refractivity contribution in [2.24, 2.45) is 5.41 Å². The summed E-state index contributed by atoms with van der Waals surface area (Å²) in [5.74, 6) is -0.802. The number of rotatable bonds is 3. The third-order valence-electron chi connectivity index (χ3n) is 6.56. The molecule has 3 aliphatic heterocycles. The molecule has 29 heavy (non-hydrogen) atoms. The van der Waals surface area contributed by atoms with Gasteiger partial charge < -0.3 is 4.90 Å². The third kappa shape index (κ3) is 2.66. The summed E-state index contributed by atoms with van der Waals surface area (Å²) in [6.07, 6.45) is 2.60. The predicted molar refractivity (Wildman–Crippen MR) is 108 cm³/mol. The first-order chi connectivity index (χ1) is 14.1. The van der Waals surface area contributed by atoms with Gasteiger partial charge in [0.15, 0.2) is 5.41 Å². The van der Waals surface area contributed by atoms with Crippen LogP contribution >= 0.6 is 0 Å². The molecule has 0 radical (unpaired) electrons. The molecule has 4 amide bonds. The van der Waals surface area contributed by atoms with Gasteiger partial charge in [0.25, 0.3) is 0 Å². The third-order valence-corrected chi connectivity index (χ3v) is 6.56. The molecule has 0 aliphatic carbocycles. The lowest BCUT2D eigenvalue weighted by molar-refractivity contribution is -0.153. The first-order valence-electron chi connectivity index (χ1n) is 10.2. The number of hydrogen-bond acceptors (Lipinski definition) is 4. The van der Waals surface area contributed by atoms with E-state index in [1.165, 1.54) is 4.90 Å². The van der Waals surface area contributed by atoms with E-state index in [4.69, 9.17) is 0 Å². The Hall–Kier alpha value is -3.15. The number of carbonyl (C=O) groups excluding carboxylic acids is 3. The Bertz CT molecular complexity index is 990. The SMILES string of the molecule is O=C1NC(=O)C2(Cc3ccccc3N3CCCC32)C(=O)N1CCc1ccccc1. The zero-order valence-corrected chi connectivity index (χ0v) is 16.1. The molecule has 2 atom stereocenters. The van der Waals surface area contributed by atoms with Crippen LogP contribution in [-0.4, -0.2) is 41.9 Å². The fraction of sp³-hybridized carbons (Fsp3) is 0.348. The number of barbiturate groups is 1. The van der Waals surface area contributed by atoms with Crippen LogP contribution in [0.1, 0.15) is 24.0 Å². The van der Waals surface area contributed by atoms with Gasteiger partial charge in [0, 0.05) is 18.8 Å². The minimum atomic E-state index is -1.24. The van der Waals surface area contributed by atoms with Crippen molar-refractivity contribution < 1.29 is 14.4 Å². The number of urea groups is 1. The molecule has 3 heterocycles. The minimum Gasteiger partial charge on any atom is -0.367 e. The van der Waals surface area contributed by atoms with E-state index in [2.05, 4.69) is 16.3 Å². The molecular weight excluding hydrogens is 366 g/mol. The highest BCUT2D eigenvalue weighted by atomic mass is 16.2. The summed E-state index contributed by atoms with van der Waals surface area (Å²) in [4.78, 5) is 42.9. The Labute approximate surface area is 169 Å². The minimum absolute atomic E-state index is 0.211. The van der Waals surface area contributed by atoms with Gasteiger partial charge in [0.2, 0.25) is 11.8 Å². The fourth-order valence-electron chi connectivity index (χ4n) is 5.17. The van der Waals surface area contributed by atoms with Crippen LogP contribution in [0.3, 0.4) is 0 Å². The number of carbonyl (C=O) groups is 3. The molecule has 3 aliphatic rings. The molecule has 1 spiro atoms. The summed E-state index contributed by atoms with van der Waals surface area (Å²) in [7, 11) is 0. The molecule has 1 N–H and O–H groups in total. The molecule has 2 aromatic carbocycles. The number of nitrogens with zero attached hydrogens (tertiary/aromatic N) is 2. The molecule has 148 valence electrons. The number of amides is 4. The van der Waals surface area contributed by atoms with E-state index >= 15 is 0 Å². The number of hydrogen-bond donors (Lipinski definition) is 1. The first-order valence-corrected chi connectivity index (χ1v) is 10.2. The summed E-state index contributed by atoms with van der Waals surface area (Å²) < 4.78 is 0. The molecule has 5 rings (SSSR count). The first kappa shape index (κ1) is 17.9. The van der Waals surface area contributed by atoms with Crippen molar-refractivity contribution in [2.45, 2.75) is 31.7 Å². The number of anilines is 1. The molecule has 0 aromatic heterocycles. The lowest BCUT2D eigenvalue weighted by atomic mass is 9.68. The molecule has 6 heteroatoms. The number of fused-ring (bicyclic) bond motifs is 4. The van der Waals surface area contributed by atoms with E-state index in [1.807, 2.05) is 48.5 Å². The van der Waals surface area contributed by atoms with Gasteiger partial charge in [-0.1, -0.05) is 48.5 Å². The monoisotopic (exact) mass is 389 g/mol. The average molecular weight is 389 g/mol. The predicted octanol–water partition coefficient (Wildman–Crippen LogP) is 2.52. The molecule has 2 saturated heterocycles. The highest BCUT2D eigenvalue weighted by Gasteiger charge is 2.62. The van der Waals surface area contributed by atoms with Crippen molar-refractivity contribution in [3.8, 4) is 0 Å². The molecule has 0 bridgehead atoms. The van der Waals surface area contributed by atoms with Crippen molar-refractivity contribution in [3.05, 3.63) is 65.7 Å². The highest BCUT2D eigenvalue weighted by molar-refractivity contribution is 6.20. The van der Waals surface area contributed by atoms with Crippen LogP contribution in [0, 0.1) is 5.41 Å². The van der Waals surface area contributed by atoms with E-state index < -0.39 is 17.4 Å². The highest BCUT2D eigenvalue weighted by Crippen LogP contribution is 2.48. The van der Waals surface area contributed by atoms with E-state index in [1.54, 1.807) is 0 Å². The number of benzene rings is 2. The Morgan fingerprint density at radius 1 is 1.00 bits per heavy atom. The summed E-state index contributed by atoms with van der Waals surface area (Å²) in [5, 5.41) is 2.50. The molecule has 6 nitrogen and oxygen atoms in total. The topological polar surface area (TPSA) is 69.7 Å². The van der Waals surface area contributed by atoms with Gasteiger partial charge in [-0.05, 0) is 42.9 Å². The molecule has 2 fully saturated rings. The van der Waals surface area contributed by atoms with Crippen LogP contribution < -0.4 is 10.2 Å². The van der Waals surface area contributed by atoms with Crippen LogP contribution in [0.5, 0.6) is 0 Å². The lowest BCUT2D eigenvalue weighted by Crippen LogP contribution is -2.71. The largest absolute Gasteiger partial charge is 0.367 e. The van der Waals surface area contributed by atoms with E-state index in [0.29, 0.717) is 12.8 Å². The van der Waals surface area contributed by atoms with Crippen molar-refractivity contribution in [1.82, 2.24) is 10.2 Å². The summed E-state index contributed by atoms with van der Waals surface area (Å²) in [6.45, 7) is 1.08. The van der Waals surface area contributed by atoms with Gasteiger partial charge in [-0.2, -0.15) is 0 Å². The Morgan fingerprint density at radius 3 is 2.59 bits per heavy atom. The maximum absolute atomic E-state index is 13.7.